The monoisotopic (exact) mass is 643 g/mol. The van der Waals surface area contributed by atoms with E-state index in [9.17, 15) is 32.5 Å². The summed E-state index contributed by atoms with van der Waals surface area (Å²) < 4.78 is 32.9. The van der Waals surface area contributed by atoms with Crippen LogP contribution in [-0.2, 0) is 29.5 Å². The standard InChI is InChI=1S/C20H21N9O8S4/c1-8-3-12(29-11(22-8)4-27(26-29)41(34,35)36)38-5-9-6-39-18-14(17(31)28(18)15(9)19(32)33)24-16(30)13(25-37-2)10-7-40-20(21)23-10/h3-4,7,14,18,26H,5-6H2,1-2H3,(H2,21,23)(H,24,30)(H,32,33)(H,34,35,36)/t14-,18-/m1/s1. The van der Waals surface area contributed by atoms with Crippen molar-refractivity contribution in [3.05, 3.63) is 45.5 Å². The van der Waals surface area contributed by atoms with Gasteiger partial charge in [-0.2, -0.15) is 12.8 Å². The minimum absolute atomic E-state index is 0.133. The Labute approximate surface area is 244 Å². The lowest BCUT2D eigenvalue weighted by Gasteiger charge is -2.49. The molecule has 0 aromatic carbocycles. The van der Waals surface area contributed by atoms with Gasteiger partial charge in [0, 0.05) is 22.6 Å². The van der Waals surface area contributed by atoms with E-state index in [1.807, 2.05) is 0 Å². The number of nitrogens with one attached hydrogen (secondary N) is 2. The van der Waals surface area contributed by atoms with Gasteiger partial charge in [0.15, 0.2) is 16.7 Å². The maximum Gasteiger partial charge on any atom is 0.374 e. The number of hydrogen-bond donors (Lipinski definition) is 5. The normalized spacial score (nSPS) is 22.4. The van der Waals surface area contributed by atoms with Crippen molar-refractivity contribution in [1.29, 1.82) is 0 Å². The smallest absolute Gasteiger partial charge is 0.374 e. The second-order valence-electron chi connectivity index (χ2n) is 8.53. The number of aliphatic carboxylic acids is 1. The molecule has 0 saturated carbocycles. The van der Waals surface area contributed by atoms with E-state index in [1.165, 1.54) is 41.0 Å². The molecule has 5 rings (SSSR count). The molecule has 6 N–H and O–H groups in total. The van der Waals surface area contributed by atoms with Crippen LogP contribution < -0.4 is 16.6 Å². The van der Waals surface area contributed by atoms with E-state index in [-0.39, 0.29) is 39.6 Å². The average molecular weight is 644 g/mol. The van der Waals surface area contributed by atoms with Crippen molar-refractivity contribution in [3.63, 3.8) is 0 Å². The van der Waals surface area contributed by atoms with E-state index in [1.54, 1.807) is 13.0 Å². The van der Waals surface area contributed by atoms with Crippen LogP contribution in [0.4, 0.5) is 5.13 Å². The van der Waals surface area contributed by atoms with Crippen molar-refractivity contribution in [1.82, 2.24) is 30.2 Å². The van der Waals surface area contributed by atoms with Gasteiger partial charge in [0.1, 0.15) is 29.9 Å². The number of β-lactam (4-membered cyclic amide) rings is 1. The molecular formula is C20H21N9O8S4. The molecule has 4 aliphatic heterocycles. The fourth-order valence-electron chi connectivity index (χ4n) is 4.12. The lowest BCUT2D eigenvalue weighted by atomic mass is 10.0. The van der Waals surface area contributed by atoms with E-state index in [4.69, 9.17) is 10.6 Å². The minimum Gasteiger partial charge on any atom is -0.477 e. The molecule has 1 saturated heterocycles. The van der Waals surface area contributed by atoms with E-state index in [0.29, 0.717) is 20.7 Å². The lowest BCUT2D eigenvalue weighted by Crippen LogP contribution is -2.71. The summed E-state index contributed by atoms with van der Waals surface area (Å²) in [4.78, 5) is 52.4. The van der Waals surface area contributed by atoms with Crippen LogP contribution in [0.25, 0.3) is 0 Å². The molecule has 4 aliphatic rings. The first-order valence-electron chi connectivity index (χ1n) is 11.4. The summed E-state index contributed by atoms with van der Waals surface area (Å²) in [5.74, 6) is -2.08. The van der Waals surface area contributed by atoms with Crippen molar-refractivity contribution in [3.8, 4) is 0 Å². The number of thiazole rings is 1. The van der Waals surface area contributed by atoms with Crippen molar-refractivity contribution in [2.75, 3.05) is 24.3 Å². The summed E-state index contributed by atoms with van der Waals surface area (Å²) in [5.41, 5.74) is 8.91. The number of oxime groups is 1. The van der Waals surface area contributed by atoms with Crippen LogP contribution in [-0.4, -0.2) is 96.6 Å². The van der Waals surface area contributed by atoms with E-state index in [0.717, 1.165) is 22.4 Å². The first kappa shape index (κ1) is 28.9. The molecule has 17 nitrogen and oxygen atoms in total. The van der Waals surface area contributed by atoms with E-state index < -0.39 is 39.5 Å². The number of allylic oxidation sites excluding steroid dienone is 1. The maximum atomic E-state index is 13.1. The molecule has 21 heteroatoms. The van der Waals surface area contributed by atoms with Gasteiger partial charge in [-0.1, -0.05) is 5.16 Å². The summed E-state index contributed by atoms with van der Waals surface area (Å²) in [5, 5.41) is 19.1. The second kappa shape index (κ2) is 11.0. The van der Waals surface area contributed by atoms with Crippen molar-refractivity contribution < 1.29 is 37.3 Å². The molecule has 1 fully saturated rings. The number of carbonyl (C=O) groups is 3. The molecule has 0 aliphatic carbocycles. The first-order chi connectivity index (χ1) is 19.4. The summed E-state index contributed by atoms with van der Waals surface area (Å²) in [6.07, 6.45) is 2.74. The lowest BCUT2D eigenvalue weighted by molar-refractivity contribution is -0.150. The number of carbonyl (C=O) groups excluding carboxylic acids is 2. The molecule has 1 aromatic rings. The summed E-state index contributed by atoms with van der Waals surface area (Å²) in [7, 11) is -3.35. The topological polar surface area (TPSA) is 232 Å². The van der Waals surface area contributed by atoms with Gasteiger partial charge < -0.3 is 21.0 Å². The SMILES string of the molecule is CON=C(C(=O)N[C@@H]1C(=O)N2C(C(=O)O)=C(CSC3=CC(C)=NC4=CN(S(=O)(=O)O)NN43)CS[C@H]12)c1csc(N)n1. The highest BCUT2D eigenvalue weighted by Gasteiger charge is 2.54. The van der Waals surface area contributed by atoms with Gasteiger partial charge >= 0.3 is 16.3 Å². The molecule has 218 valence electrons. The van der Waals surface area contributed by atoms with Crippen molar-refractivity contribution >= 4 is 79.5 Å². The molecule has 2 amide bonds. The molecule has 41 heavy (non-hydrogen) atoms. The zero-order valence-corrected chi connectivity index (χ0v) is 24.3. The Balaban J connectivity index is 1.30. The van der Waals surface area contributed by atoms with Crippen molar-refractivity contribution in [2.24, 2.45) is 10.1 Å². The minimum atomic E-state index is -4.60. The van der Waals surface area contributed by atoms with Crippen LogP contribution in [0.15, 0.2) is 49.9 Å². The fourth-order valence-corrected chi connectivity index (χ4v) is 7.63. The van der Waals surface area contributed by atoms with Crippen LogP contribution in [0.2, 0.25) is 0 Å². The Bertz CT molecular complexity index is 1600. The molecule has 0 unspecified atom stereocenters. The second-order valence-corrected chi connectivity index (χ2v) is 12.8. The number of aliphatic imine (C=N–C) groups is 1. The first-order valence-corrected chi connectivity index (χ1v) is 15.7. The zero-order valence-electron chi connectivity index (χ0n) is 21.0. The number of thioether (sulfide) groups is 2. The Kier molecular flexibility index (Phi) is 7.74. The number of hydrogen-bond acceptors (Lipinski definition) is 15. The number of hydrazine groups is 2. The summed E-state index contributed by atoms with van der Waals surface area (Å²) in [6.45, 7) is 1.69. The third-order valence-corrected chi connectivity index (χ3v) is 9.63. The van der Waals surface area contributed by atoms with Gasteiger partial charge in [0.05, 0.1) is 11.2 Å². The van der Waals surface area contributed by atoms with Crippen LogP contribution in [0.5, 0.6) is 0 Å². The third kappa shape index (κ3) is 5.50. The number of nitrogen functional groups attached to an aromatic ring is 1. The molecule has 0 radical (unpaired) electrons. The molecule has 0 bridgehead atoms. The number of fused-ring (bicyclic) bond motifs is 2. The molecule has 1 aromatic heterocycles. The predicted molar refractivity (Wildman–Crippen MR) is 150 cm³/mol. The summed E-state index contributed by atoms with van der Waals surface area (Å²) in [6, 6.07) is -1.01. The Morgan fingerprint density at radius 1 is 1.41 bits per heavy atom. The van der Waals surface area contributed by atoms with Gasteiger partial charge in [0.25, 0.3) is 11.8 Å². The van der Waals surface area contributed by atoms with Crippen LogP contribution >= 0.6 is 34.9 Å². The van der Waals surface area contributed by atoms with Crippen LogP contribution in [0, 0.1) is 0 Å². The number of carboxylic acid groups (broad SMARTS) is 1. The number of aromatic nitrogens is 1. The number of anilines is 1. The average Bonchev–Trinajstić information content (AvgIpc) is 3.54. The van der Waals surface area contributed by atoms with E-state index >= 15 is 0 Å². The van der Waals surface area contributed by atoms with Crippen molar-refractivity contribution in [2.45, 2.75) is 18.3 Å². The number of carboxylic acids is 1. The summed E-state index contributed by atoms with van der Waals surface area (Å²) >= 11 is 3.55. The molecule has 2 atom stereocenters. The van der Waals surface area contributed by atoms with Gasteiger partial charge in [0.2, 0.25) is 0 Å². The third-order valence-electron chi connectivity index (χ3n) is 5.85. The highest BCUT2D eigenvalue weighted by atomic mass is 32.2. The predicted octanol–water partition coefficient (Wildman–Crippen LogP) is -0.498. The molecule has 5 heterocycles. The van der Waals surface area contributed by atoms with Crippen LogP contribution in [0.1, 0.15) is 12.6 Å². The van der Waals surface area contributed by atoms with Crippen LogP contribution in [0.3, 0.4) is 0 Å². The largest absolute Gasteiger partial charge is 0.477 e. The Morgan fingerprint density at radius 2 is 2.17 bits per heavy atom. The number of amides is 2. The zero-order chi connectivity index (χ0) is 29.6. The van der Waals surface area contributed by atoms with Gasteiger partial charge in [-0.25, -0.2) is 19.8 Å². The maximum absolute atomic E-state index is 13.1. The Morgan fingerprint density at radius 3 is 2.80 bits per heavy atom. The highest BCUT2D eigenvalue weighted by molar-refractivity contribution is 8.03. The molecular weight excluding hydrogens is 623 g/mol. The molecule has 0 spiro atoms. The number of nitrogens with two attached hydrogens (primary N) is 1. The Hall–Kier alpha value is -3.63. The quantitative estimate of drug-likeness (QED) is 0.0989. The van der Waals surface area contributed by atoms with E-state index in [2.05, 4.69) is 26.0 Å². The van der Waals surface area contributed by atoms with Gasteiger partial charge in [-0.15, -0.1) is 40.4 Å². The number of nitrogens with zero attached hydrogens (tertiary/aromatic N) is 6. The fraction of sp³-hybridized carbons (Fsp3) is 0.300. The van der Waals surface area contributed by atoms with Gasteiger partial charge in [-0.05, 0) is 18.6 Å². The highest BCUT2D eigenvalue weighted by Crippen LogP contribution is 2.42. The number of rotatable bonds is 9. The van der Waals surface area contributed by atoms with Gasteiger partial charge in [-0.3, -0.25) is 19.0 Å².